The number of thioether (sulfide) groups is 1. The summed E-state index contributed by atoms with van der Waals surface area (Å²) in [5.74, 6) is -1.33. The monoisotopic (exact) mass is 476 g/mol. The van der Waals surface area contributed by atoms with Crippen molar-refractivity contribution in [2.75, 3.05) is 25.1 Å². The number of dihydropyridines is 1. The molecule has 168 valence electrons. The number of oxime groups is 1. The van der Waals surface area contributed by atoms with Gasteiger partial charge >= 0.3 is 0 Å². The van der Waals surface area contributed by atoms with Crippen LogP contribution in [0.3, 0.4) is 0 Å². The molecule has 1 aromatic heterocycles. The Morgan fingerprint density at radius 1 is 1.53 bits per heavy atom. The number of allylic oxidation sites excluding steroid dienone is 1. The summed E-state index contributed by atoms with van der Waals surface area (Å²) in [6.45, 7) is 2.06. The summed E-state index contributed by atoms with van der Waals surface area (Å²) in [6.07, 6.45) is 9.76. The fourth-order valence-electron chi connectivity index (χ4n) is 2.95. The molecule has 13 heteroatoms. The summed E-state index contributed by atoms with van der Waals surface area (Å²) in [5, 5.41) is 21.8. The van der Waals surface area contributed by atoms with Gasteiger partial charge in [-0.1, -0.05) is 11.2 Å². The normalized spacial score (nSPS) is 23.4. The molecule has 11 nitrogen and oxygen atoms in total. The molecule has 1 saturated heterocycles. The summed E-state index contributed by atoms with van der Waals surface area (Å²) < 4.78 is 0. The molecule has 4 rings (SSSR count). The Kier molecular flexibility index (Phi) is 7.13. The highest BCUT2D eigenvalue weighted by atomic mass is 32.2. The number of aromatic nitrogens is 1. The van der Waals surface area contributed by atoms with Gasteiger partial charge in [0, 0.05) is 17.3 Å². The smallest absolute Gasteiger partial charge is 0.283 e. The van der Waals surface area contributed by atoms with Crippen molar-refractivity contribution < 1.29 is 24.3 Å². The van der Waals surface area contributed by atoms with E-state index in [0.29, 0.717) is 23.1 Å². The number of nitrogens with one attached hydrogen (secondary N) is 2. The van der Waals surface area contributed by atoms with Gasteiger partial charge in [-0.25, -0.2) is 4.98 Å². The van der Waals surface area contributed by atoms with Crippen molar-refractivity contribution in [1.82, 2.24) is 20.5 Å². The molecular weight excluding hydrogens is 456 g/mol. The largest absolute Gasteiger partial charge is 0.549 e. The number of thiazole rings is 1. The Morgan fingerprint density at radius 2 is 2.31 bits per heavy atom. The van der Waals surface area contributed by atoms with Crippen LogP contribution in [0.25, 0.3) is 0 Å². The number of fused-ring (bicyclic) bond motifs is 1. The zero-order chi connectivity index (χ0) is 23.3. The lowest BCUT2D eigenvalue weighted by Gasteiger charge is -2.54. The van der Waals surface area contributed by atoms with Crippen molar-refractivity contribution >= 4 is 51.7 Å². The van der Waals surface area contributed by atoms with Crippen LogP contribution >= 0.6 is 23.1 Å². The molecule has 0 aliphatic carbocycles. The number of nitrogens with two attached hydrogens (primary N) is 1. The van der Waals surface area contributed by atoms with Crippen molar-refractivity contribution in [3.05, 3.63) is 47.4 Å². The van der Waals surface area contributed by atoms with E-state index in [0.717, 1.165) is 5.75 Å². The van der Waals surface area contributed by atoms with E-state index < -0.39 is 17.3 Å². The molecule has 0 radical (unpaired) electrons. The third-order valence-corrected chi connectivity index (χ3v) is 6.70. The molecule has 3 aliphatic rings. The van der Waals surface area contributed by atoms with Gasteiger partial charge in [0.2, 0.25) is 5.91 Å². The first-order chi connectivity index (χ1) is 15.3. The number of carbonyl (C=O) groups excluding carboxylic acids is 3. The second-order valence-electron chi connectivity index (χ2n) is 6.73. The Hall–Kier alpha value is -3.41. The number of amides is 2. The summed E-state index contributed by atoms with van der Waals surface area (Å²) in [7, 11) is 1.36. The molecule has 4 heterocycles. The van der Waals surface area contributed by atoms with Crippen LogP contribution in [-0.2, 0) is 19.2 Å². The summed E-state index contributed by atoms with van der Waals surface area (Å²) in [4.78, 5) is 44.4. The van der Waals surface area contributed by atoms with E-state index in [1.54, 1.807) is 23.9 Å². The predicted molar refractivity (Wildman–Crippen MR) is 117 cm³/mol. The predicted octanol–water partition coefficient (Wildman–Crippen LogP) is -0.833. The zero-order valence-electron chi connectivity index (χ0n) is 17.2. The van der Waals surface area contributed by atoms with Gasteiger partial charge in [0.25, 0.3) is 11.6 Å². The summed E-state index contributed by atoms with van der Waals surface area (Å²) >= 11 is 2.68. The lowest BCUT2D eigenvalue weighted by Crippen LogP contribution is -2.70. The first-order valence-electron chi connectivity index (χ1n) is 9.27. The Bertz CT molecular complexity index is 1030. The number of anilines is 1. The van der Waals surface area contributed by atoms with Crippen LogP contribution in [-0.4, -0.2) is 58.2 Å². The van der Waals surface area contributed by atoms with E-state index in [2.05, 4.69) is 31.7 Å². The first-order valence-corrected chi connectivity index (χ1v) is 11.2. The number of hydrogen-bond acceptors (Lipinski definition) is 11. The van der Waals surface area contributed by atoms with Crippen LogP contribution in [0.2, 0.25) is 0 Å². The van der Waals surface area contributed by atoms with Crippen molar-refractivity contribution in [3.8, 4) is 0 Å². The lowest BCUT2D eigenvalue weighted by atomic mass is 9.80. The van der Waals surface area contributed by atoms with Gasteiger partial charge in [0.1, 0.15) is 42.4 Å². The average molecular weight is 477 g/mol. The molecule has 0 bridgehead atoms. The van der Waals surface area contributed by atoms with E-state index in [-0.39, 0.29) is 17.0 Å². The second kappa shape index (κ2) is 9.81. The molecule has 2 atom stereocenters. The number of aliphatic carboxylic acids is 1. The molecule has 0 unspecified atom stereocenters. The highest BCUT2D eigenvalue weighted by Gasteiger charge is 2.58. The van der Waals surface area contributed by atoms with Gasteiger partial charge < -0.3 is 30.7 Å². The number of rotatable bonds is 5. The number of nitrogens with zero attached hydrogens (tertiary/aromatic N) is 3. The van der Waals surface area contributed by atoms with Gasteiger partial charge in [-0.2, -0.15) is 0 Å². The van der Waals surface area contributed by atoms with Crippen LogP contribution in [0.15, 0.2) is 40.8 Å². The van der Waals surface area contributed by atoms with Gasteiger partial charge in [0.15, 0.2) is 10.8 Å². The van der Waals surface area contributed by atoms with Crippen molar-refractivity contribution in [2.45, 2.75) is 12.3 Å². The second-order valence-corrected chi connectivity index (χ2v) is 8.74. The Labute approximate surface area is 192 Å². The highest BCUT2D eigenvalue weighted by Crippen LogP contribution is 2.46. The first kappa shape index (κ1) is 23.3. The molecular formula is C19H20N6O5S2. The minimum absolute atomic E-state index is 0.0664. The topological polar surface area (TPSA) is 162 Å². The van der Waals surface area contributed by atoms with Gasteiger partial charge in [0.05, 0.1) is 12.0 Å². The molecule has 0 aromatic carbocycles. The zero-order valence-corrected chi connectivity index (χ0v) is 18.8. The third kappa shape index (κ3) is 4.59. The van der Waals surface area contributed by atoms with Crippen LogP contribution in [0.4, 0.5) is 5.13 Å². The number of carbonyl (C=O) groups is 3. The van der Waals surface area contributed by atoms with E-state index in [9.17, 15) is 19.5 Å². The van der Waals surface area contributed by atoms with Gasteiger partial charge in [-0.15, -0.1) is 23.1 Å². The number of carboxylic acids is 1. The maximum absolute atomic E-state index is 12.1. The van der Waals surface area contributed by atoms with Crippen molar-refractivity contribution in [2.24, 2.45) is 10.6 Å². The maximum Gasteiger partial charge on any atom is 0.283 e. The van der Waals surface area contributed by atoms with Gasteiger partial charge in [-0.3, -0.25) is 14.9 Å². The van der Waals surface area contributed by atoms with Crippen LogP contribution in [0, 0.1) is 11.5 Å². The molecule has 4 N–H and O–H groups in total. The molecule has 1 fully saturated rings. The maximum atomic E-state index is 12.1. The van der Waals surface area contributed by atoms with E-state index in [1.165, 1.54) is 42.0 Å². The molecule has 0 spiro atoms. The lowest BCUT2D eigenvalue weighted by molar-refractivity contribution is -0.320. The molecule has 32 heavy (non-hydrogen) atoms. The summed E-state index contributed by atoms with van der Waals surface area (Å²) in [6, 6.07) is 0. The Morgan fingerprint density at radius 3 is 2.91 bits per heavy atom. The van der Waals surface area contributed by atoms with Crippen LogP contribution < -0.4 is 21.5 Å². The highest BCUT2D eigenvalue weighted by molar-refractivity contribution is 8.00. The van der Waals surface area contributed by atoms with Crippen molar-refractivity contribution in [1.29, 1.82) is 0 Å². The fourth-order valence-corrected chi connectivity index (χ4v) is 4.73. The third-order valence-electron chi connectivity index (χ3n) is 4.63. The van der Waals surface area contributed by atoms with E-state index >= 15 is 0 Å². The average Bonchev–Trinajstić information content (AvgIpc) is 3.23. The minimum atomic E-state index is -1.32. The van der Waals surface area contributed by atoms with Gasteiger partial charge in [-0.05, 0) is 6.92 Å². The SMILES string of the molecule is CO/N=C(\C(=O)NC1=CCNC=[C+]1)c1csc(N)n1.C[C@@]1(C(=O)[O-])C(=O)N2C=CCS[C@H]21. The number of hydrogen-bond donors (Lipinski definition) is 3. The molecule has 0 saturated carbocycles. The standard InChI is InChI=1S/C11H11N5O2S.C8H9NO3S/c1-18-16-9(8-6-19-11(12)15-8)10(17)14-7-2-4-13-5-3-7;1-8(7(11)12)5(10)9-3-2-4-13-6(8)9/h2,5-6,13H,4H2,1H3,(H2-,12,14,15,17);2-3,6H,4H2,1H3,(H,11,12)/b16-9-;/t;6-,8+/m.0/s1. The van der Waals surface area contributed by atoms with E-state index in [4.69, 9.17) is 5.73 Å². The molecule has 2 amide bonds. The number of β-lactam (4-membered cyclic amide) rings is 1. The fraction of sp³-hybridized carbons (Fsp3) is 0.316. The van der Waals surface area contributed by atoms with E-state index in [1.807, 2.05) is 6.08 Å². The quantitative estimate of drug-likeness (QED) is 0.162. The van der Waals surface area contributed by atoms with Crippen LogP contribution in [0.1, 0.15) is 12.6 Å². The number of carboxylic acid groups (broad SMARTS) is 1. The van der Waals surface area contributed by atoms with Crippen molar-refractivity contribution in [3.63, 3.8) is 0 Å². The summed E-state index contributed by atoms with van der Waals surface area (Å²) in [5.41, 5.74) is 5.22. The molecule has 3 aliphatic heterocycles. The number of nitrogen functional groups attached to an aromatic ring is 1. The Balaban J connectivity index is 0.000000193. The van der Waals surface area contributed by atoms with Crippen LogP contribution in [0.5, 0.6) is 0 Å². The molecule has 1 aromatic rings. The minimum Gasteiger partial charge on any atom is -0.549 e.